The lowest BCUT2D eigenvalue weighted by Crippen LogP contribution is -2.53. The van der Waals surface area contributed by atoms with Crippen molar-refractivity contribution in [2.24, 2.45) is 5.84 Å². The molecule has 94 valence electrons. The Bertz CT molecular complexity index is 224. The van der Waals surface area contributed by atoms with Crippen LogP contribution in [0.4, 0.5) is 0 Å². The zero-order chi connectivity index (χ0) is 12.1. The summed E-state index contributed by atoms with van der Waals surface area (Å²) in [6.45, 7) is 3.99. The van der Waals surface area contributed by atoms with E-state index in [9.17, 15) is 4.79 Å². The molecule has 1 heterocycles. The summed E-state index contributed by atoms with van der Waals surface area (Å²) in [5.74, 6) is 5.13. The summed E-state index contributed by atoms with van der Waals surface area (Å²) in [7, 11) is 4.23. The SMILES string of the molecule is CCC(C(=O)NN)N1CCC(N(C)C)CC1. The van der Waals surface area contributed by atoms with Gasteiger partial charge < -0.3 is 4.90 Å². The Labute approximate surface area is 97.9 Å². The van der Waals surface area contributed by atoms with Gasteiger partial charge in [0.25, 0.3) is 5.91 Å². The highest BCUT2D eigenvalue weighted by Gasteiger charge is 2.28. The normalized spacial score (nSPS) is 21.1. The molecule has 0 bridgehead atoms. The summed E-state index contributed by atoms with van der Waals surface area (Å²) < 4.78 is 0. The maximum atomic E-state index is 11.6. The summed E-state index contributed by atoms with van der Waals surface area (Å²) >= 11 is 0. The molecule has 0 aliphatic carbocycles. The summed E-state index contributed by atoms with van der Waals surface area (Å²) in [6.07, 6.45) is 3.07. The highest BCUT2D eigenvalue weighted by Crippen LogP contribution is 2.17. The quantitative estimate of drug-likeness (QED) is 0.397. The molecule has 5 heteroatoms. The first-order chi connectivity index (χ1) is 7.60. The molecule has 3 N–H and O–H groups in total. The van der Waals surface area contributed by atoms with Crippen LogP contribution in [0.5, 0.6) is 0 Å². The van der Waals surface area contributed by atoms with E-state index in [4.69, 9.17) is 5.84 Å². The lowest BCUT2D eigenvalue weighted by atomic mass is 10.0. The molecule has 1 aliphatic heterocycles. The third kappa shape index (κ3) is 3.17. The Kier molecular flexibility index (Phi) is 5.18. The number of likely N-dealkylation sites (tertiary alicyclic amines) is 1. The van der Waals surface area contributed by atoms with Crippen molar-refractivity contribution in [1.82, 2.24) is 15.2 Å². The maximum Gasteiger partial charge on any atom is 0.251 e. The molecule has 5 nitrogen and oxygen atoms in total. The maximum absolute atomic E-state index is 11.6. The van der Waals surface area contributed by atoms with Crippen molar-refractivity contribution < 1.29 is 4.79 Å². The van der Waals surface area contributed by atoms with E-state index in [-0.39, 0.29) is 11.9 Å². The van der Waals surface area contributed by atoms with Crippen LogP contribution < -0.4 is 11.3 Å². The lowest BCUT2D eigenvalue weighted by molar-refractivity contribution is -0.127. The molecule has 1 unspecified atom stereocenters. The third-order valence-corrected chi connectivity index (χ3v) is 3.50. The van der Waals surface area contributed by atoms with Crippen molar-refractivity contribution in [3.8, 4) is 0 Å². The average molecular weight is 228 g/mol. The van der Waals surface area contributed by atoms with Gasteiger partial charge in [-0.2, -0.15) is 0 Å². The van der Waals surface area contributed by atoms with Crippen LogP contribution in [0.25, 0.3) is 0 Å². The molecule has 0 saturated carbocycles. The third-order valence-electron chi connectivity index (χ3n) is 3.50. The second kappa shape index (κ2) is 6.18. The van der Waals surface area contributed by atoms with Crippen molar-refractivity contribution in [2.45, 2.75) is 38.3 Å². The Morgan fingerprint density at radius 3 is 2.44 bits per heavy atom. The smallest absolute Gasteiger partial charge is 0.251 e. The van der Waals surface area contributed by atoms with Crippen molar-refractivity contribution >= 4 is 5.91 Å². The van der Waals surface area contributed by atoms with Crippen molar-refractivity contribution in [2.75, 3.05) is 27.2 Å². The van der Waals surface area contributed by atoms with Gasteiger partial charge in [0.2, 0.25) is 0 Å². The van der Waals surface area contributed by atoms with E-state index >= 15 is 0 Å². The summed E-state index contributed by atoms with van der Waals surface area (Å²) in [5, 5.41) is 0. The number of rotatable bonds is 4. The fraction of sp³-hybridized carbons (Fsp3) is 0.909. The zero-order valence-electron chi connectivity index (χ0n) is 10.6. The minimum absolute atomic E-state index is 0.0619. The molecule has 1 aliphatic rings. The van der Waals surface area contributed by atoms with E-state index in [1.54, 1.807) is 0 Å². The summed E-state index contributed by atoms with van der Waals surface area (Å²) in [5.41, 5.74) is 2.26. The van der Waals surface area contributed by atoms with E-state index in [1.807, 2.05) is 6.92 Å². The van der Waals surface area contributed by atoms with Crippen molar-refractivity contribution in [3.63, 3.8) is 0 Å². The van der Waals surface area contributed by atoms with Crippen LogP contribution in [0, 0.1) is 0 Å². The molecular weight excluding hydrogens is 204 g/mol. The minimum atomic E-state index is -0.0641. The van der Waals surface area contributed by atoms with E-state index in [2.05, 4.69) is 29.3 Å². The number of nitrogens with one attached hydrogen (secondary N) is 1. The first kappa shape index (κ1) is 13.4. The van der Waals surface area contributed by atoms with Gasteiger partial charge in [0.05, 0.1) is 6.04 Å². The zero-order valence-corrected chi connectivity index (χ0v) is 10.6. The molecule has 1 rings (SSSR count). The van der Waals surface area contributed by atoms with Gasteiger partial charge in [-0.05, 0) is 33.4 Å². The fourth-order valence-corrected chi connectivity index (χ4v) is 2.42. The van der Waals surface area contributed by atoms with Gasteiger partial charge in [0.15, 0.2) is 0 Å². The predicted molar refractivity (Wildman–Crippen MR) is 64.7 cm³/mol. The number of hydrazine groups is 1. The van der Waals surface area contributed by atoms with Crippen LogP contribution in [0.3, 0.4) is 0 Å². The number of carbonyl (C=O) groups excluding carboxylic acids is 1. The number of nitrogens with two attached hydrogens (primary N) is 1. The van der Waals surface area contributed by atoms with Crippen molar-refractivity contribution in [3.05, 3.63) is 0 Å². The van der Waals surface area contributed by atoms with E-state index in [1.165, 1.54) is 0 Å². The topological polar surface area (TPSA) is 61.6 Å². The number of hydrogen-bond donors (Lipinski definition) is 2. The minimum Gasteiger partial charge on any atom is -0.306 e. The van der Waals surface area contributed by atoms with Gasteiger partial charge in [-0.25, -0.2) is 5.84 Å². The second-order valence-electron chi connectivity index (χ2n) is 4.66. The van der Waals surface area contributed by atoms with Gasteiger partial charge in [-0.1, -0.05) is 6.92 Å². The Hall–Kier alpha value is -0.650. The van der Waals surface area contributed by atoms with E-state index < -0.39 is 0 Å². The molecule has 0 aromatic heterocycles. The Morgan fingerprint density at radius 1 is 1.50 bits per heavy atom. The molecular formula is C11H24N4O. The van der Waals surface area contributed by atoms with Gasteiger partial charge in [0, 0.05) is 19.1 Å². The fourth-order valence-electron chi connectivity index (χ4n) is 2.42. The van der Waals surface area contributed by atoms with E-state index in [0.717, 1.165) is 32.4 Å². The Morgan fingerprint density at radius 2 is 2.06 bits per heavy atom. The van der Waals surface area contributed by atoms with Gasteiger partial charge >= 0.3 is 0 Å². The molecule has 0 radical (unpaired) electrons. The summed E-state index contributed by atoms with van der Waals surface area (Å²) in [6, 6.07) is 0.586. The number of carbonyl (C=O) groups is 1. The molecule has 0 aromatic carbocycles. The van der Waals surface area contributed by atoms with Crippen LogP contribution in [-0.4, -0.2) is 55.0 Å². The monoisotopic (exact) mass is 228 g/mol. The first-order valence-electron chi connectivity index (χ1n) is 6.01. The van der Waals surface area contributed by atoms with Gasteiger partial charge in [0.1, 0.15) is 0 Å². The van der Waals surface area contributed by atoms with Crippen LogP contribution in [-0.2, 0) is 4.79 Å². The van der Waals surface area contributed by atoms with Gasteiger partial charge in [-0.15, -0.1) is 0 Å². The molecule has 1 amide bonds. The average Bonchev–Trinajstić information content (AvgIpc) is 2.30. The highest BCUT2D eigenvalue weighted by molar-refractivity contribution is 5.81. The van der Waals surface area contributed by atoms with Crippen LogP contribution in [0.15, 0.2) is 0 Å². The molecule has 1 saturated heterocycles. The molecule has 0 aromatic rings. The molecule has 16 heavy (non-hydrogen) atoms. The number of nitrogens with zero attached hydrogens (tertiary/aromatic N) is 2. The van der Waals surface area contributed by atoms with E-state index in [0.29, 0.717) is 6.04 Å². The molecule has 1 atom stereocenters. The van der Waals surface area contributed by atoms with Crippen LogP contribution in [0.1, 0.15) is 26.2 Å². The van der Waals surface area contributed by atoms with Crippen LogP contribution >= 0.6 is 0 Å². The van der Waals surface area contributed by atoms with Crippen molar-refractivity contribution in [1.29, 1.82) is 0 Å². The Balaban J connectivity index is 2.48. The van der Waals surface area contributed by atoms with Gasteiger partial charge in [-0.3, -0.25) is 15.1 Å². The standard InChI is InChI=1S/C11H24N4O/c1-4-10(11(16)13-12)15-7-5-9(6-8-15)14(2)3/h9-10H,4-8,12H2,1-3H3,(H,13,16). The highest BCUT2D eigenvalue weighted by atomic mass is 16.2. The molecule has 1 fully saturated rings. The second-order valence-corrected chi connectivity index (χ2v) is 4.66. The predicted octanol–water partition coefficient (Wildman–Crippen LogP) is -0.219. The largest absolute Gasteiger partial charge is 0.306 e. The summed E-state index contributed by atoms with van der Waals surface area (Å²) in [4.78, 5) is 16.1. The lowest BCUT2D eigenvalue weighted by Gasteiger charge is -2.38. The van der Waals surface area contributed by atoms with Crippen LogP contribution in [0.2, 0.25) is 0 Å². The number of amides is 1. The number of hydrogen-bond acceptors (Lipinski definition) is 4. The molecule has 0 spiro atoms. The first-order valence-corrected chi connectivity index (χ1v) is 6.01. The number of piperidine rings is 1.